The monoisotopic (exact) mass is 244 g/mol. The second kappa shape index (κ2) is 4.82. The van der Waals surface area contributed by atoms with Gasteiger partial charge in [-0.05, 0) is 19.1 Å². The second-order valence-corrected chi connectivity index (χ2v) is 6.16. The Labute approximate surface area is 98.3 Å². The third kappa shape index (κ3) is 3.17. The summed E-state index contributed by atoms with van der Waals surface area (Å²) in [6, 6.07) is 0. The molecule has 0 amide bonds. The van der Waals surface area contributed by atoms with Gasteiger partial charge in [0, 0.05) is 24.2 Å². The van der Waals surface area contributed by atoms with Crippen LogP contribution in [0.25, 0.3) is 0 Å². The van der Waals surface area contributed by atoms with Crippen molar-refractivity contribution < 1.29 is 5.11 Å². The Kier molecular flexibility index (Phi) is 3.66. The van der Waals surface area contributed by atoms with Crippen molar-refractivity contribution in [3.63, 3.8) is 0 Å². The first kappa shape index (κ1) is 11.4. The van der Waals surface area contributed by atoms with E-state index in [1.165, 1.54) is 0 Å². The molecule has 84 valence electrons. The minimum Gasteiger partial charge on any atom is -0.388 e. The molecule has 15 heavy (non-hydrogen) atoms. The molecule has 2 heterocycles. The van der Waals surface area contributed by atoms with Crippen molar-refractivity contribution in [3.8, 4) is 0 Å². The van der Waals surface area contributed by atoms with Crippen LogP contribution in [-0.2, 0) is 6.54 Å². The van der Waals surface area contributed by atoms with Crippen LogP contribution in [0.5, 0.6) is 0 Å². The third-order valence-electron chi connectivity index (χ3n) is 2.51. The van der Waals surface area contributed by atoms with Crippen LogP contribution in [-0.4, -0.2) is 33.7 Å². The molecule has 0 saturated carbocycles. The Morgan fingerprint density at radius 1 is 1.67 bits per heavy atom. The molecule has 2 N–H and O–H groups in total. The molecule has 5 heteroatoms. The predicted octanol–water partition coefficient (Wildman–Crippen LogP) is 1.41. The Hall–Kier alpha value is -0.100. The van der Waals surface area contributed by atoms with Crippen LogP contribution in [0.3, 0.4) is 0 Å². The Bertz CT molecular complexity index is 321. The average molecular weight is 244 g/mol. The van der Waals surface area contributed by atoms with Gasteiger partial charge in [0.2, 0.25) is 0 Å². The van der Waals surface area contributed by atoms with Crippen molar-refractivity contribution in [2.75, 3.05) is 18.1 Å². The van der Waals surface area contributed by atoms with Crippen LogP contribution >= 0.6 is 23.1 Å². The van der Waals surface area contributed by atoms with Crippen molar-refractivity contribution in [2.45, 2.75) is 25.5 Å². The third-order valence-corrected chi connectivity index (χ3v) is 4.57. The lowest BCUT2D eigenvalue weighted by molar-refractivity contribution is 0.0674. The number of thioether (sulfide) groups is 1. The van der Waals surface area contributed by atoms with E-state index in [4.69, 9.17) is 0 Å². The van der Waals surface area contributed by atoms with Crippen molar-refractivity contribution in [3.05, 3.63) is 16.1 Å². The summed E-state index contributed by atoms with van der Waals surface area (Å²) in [5, 5.41) is 16.5. The van der Waals surface area contributed by atoms with Crippen LogP contribution in [0.4, 0.5) is 0 Å². The number of aliphatic hydroxyl groups is 1. The van der Waals surface area contributed by atoms with E-state index in [0.717, 1.165) is 35.2 Å². The average Bonchev–Trinajstić information content (AvgIpc) is 2.76. The highest BCUT2D eigenvalue weighted by atomic mass is 32.2. The van der Waals surface area contributed by atoms with Gasteiger partial charge >= 0.3 is 0 Å². The number of aromatic nitrogens is 1. The van der Waals surface area contributed by atoms with Crippen molar-refractivity contribution >= 4 is 23.1 Å². The zero-order chi connectivity index (χ0) is 10.7. The van der Waals surface area contributed by atoms with Gasteiger partial charge in [-0.15, -0.1) is 11.3 Å². The lowest BCUT2D eigenvalue weighted by Gasteiger charge is -2.21. The van der Waals surface area contributed by atoms with E-state index in [0.29, 0.717) is 6.54 Å². The van der Waals surface area contributed by atoms with Crippen LogP contribution in [0, 0.1) is 6.92 Å². The Balaban J connectivity index is 1.75. The van der Waals surface area contributed by atoms with Gasteiger partial charge < -0.3 is 10.4 Å². The molecule has 1 aromatic rings. The van der Waals surface area contributed by atoms with Gasteiger partial charge in [-0.3, -0.25) is 0 Å². The SMILES string of the molecule is Cc1nc(CNCC2(O)CCSC2)cs1. The lowest BCUT2D eigenvalue weighted by Crippen LogP contribution is -2.40. The van der Waals surface area contributed by atoms with Crippen LogP contribution in [0.2, 0.25) is 0 Å². The topological polar surface area (TPSA) is 45.2 Å². The molecule has 0 aromatic carbocycles. The van der Waals surface area contributed by atoms with Gasteiger partial charge in [0.15, 0.2) is 0 Å². The predicted molar refractivity (Wildman–Crippen MR) is 65.4 cm³/mol. The quantitative estimate of drug-likeness (QED) is 0.840. The molecule has 0 radical (unpaired) electrons. The second-order valence-electron chi connectivity index (χ2n) is 3.99. The van der Waals surface area contributed by atoms with E-state index >= 15 is 0 Å². The molecule has 1 saturated heterocycles. The fourth-order valence-corrected chi connectivity index (χ4v) is 3.56. The molecule has 3 nitrogen and oxygen atoms in total. The van der Waals surface area contributed by atoms with Crippen molar-refractivity contribution in [1.29, 1.82) is 0 Å². The summed E-state index contributed by atoms with van der Waals surface area (Å²) >= 11 is 3.50. The summed E-state index contributed by atoms with van der Waals surface area (Å²) in [5.41, 5.74) is 0.585. The molecule has 1 fully saturated rings. The molecule has 0 spiro atoms. The van der Waals surface area contributed by atoms with E-state index in [2.05, 4.69) is 15.7 Å². The maximum atomic E-state index is 10.1. The fraction of sp³-hybridized carbons (Fsp3) is 0.700. The Morgan fingerprint density at radius 2 is 2.53 bits per heavy atom. The van der Waals surface area contributed by atoms with E-state index < -0.39 is 5.60 Å². The number of nitrogens with one attached hydrogen (secondary N) is 1. The summed E-state index contributed by atoms with van der Waals surface area (Å²) in [5.74, 6) is 1.93. The Morgan fingerprint density at radius 3 is 3.13 bits per heavy atom. The molecule has 1 atom stereocenters. The van der Waals surface area contributed by atoms with Crippen molar-refractivity contribution in [1.82, 2.24) is 10.3 Å². The zero-order valence-electron chi connectivity index (χ0n) is 8.82. The van der Waals surface area contributed by atoms with E-state index in [1.54, 1.807) is 11.3 Å². The van der Waals surface area contributed by atoms with E-state index in [-0.39, 0.29) is 0 Å². The van der Waals surface area contributed by atoms with Gasteiger partial charge in [0.05, 0.1) is 16.3 Å². The summed E-state index contributed by atoms with van der Waals surface area (Å²) < 4.78 is 0. The van der Waals surface area contributed by atoms with Crippen LogP contribution in [0.1, 0.15) is 17.1 Å². The number of aryl methyl sites for hydroxylation is 1. The first-order valence-electron chi connectivity index (χ1n) is 5.10. The summed E-state index contributed by atoms with van der Waals surface area (Å²) in [4.78, 5) is 4.37. The minimum absolute atomic E-state index is 0.490. The fourth-order valence-electron chi connectivity index (χ4n) is 1.65. The zero-order valence-corrected chi connectivity index (χ0v) is 10.5. The molecular weight excluding hydrogens is 228 g/mol. The van der Waals surface area contributed by atoms with Crippen LogP contribution in [0.15, 0.2) is 5.38 Å². The van der Waals surface area contributed by atoms with E-state index in [1.807, 2.05) is 18.7 Å². The molecule has 1 aromatic heterocycles. The van der Waals surface area contributed by atoms with Gasteiger partial charge in [-0.1, -0.05) is 0 Å². The maximum Gasteiger partial charge on any atom is 0.0897 e. The van der Waals surface area contributed by atoms with Gasteiger partial charge in [-0.25, -0.2) is 4.98 Å². The van der Waals surface area contributed by atoms with Crippen LogP contribution < -0.4 is 5.32 Å². The standard InChI is InChI=1S/C10H16N2OS2/c1-8-12-9(5-15-8)4-11-6-10(13)2-3-14-7-10/h5,11,13H,2-4,6-7H2,1H3. The molecule has 1 aliphatic rings. The molecule has 0 bridgehead atoms. The largest absolute Gasteiger partial charge is 0.388 e. The molecular formula is C10H16N2OS2. The number of thiazole rings is 1. The number of rotatable bonds is 4. The number of hydrogen-bond acceptors (Lipinski definition) is 5. The summed E-state index contributed by atoms with van der Waals surface area (Å²) in [7, 11) is 0. The maximum absolute atomic E-state index is 10.1. The van der Waals surface area contributed by atoms with Gasteiger partial charge in [0.25, 0.3) is 0 Å². The number of nitrogens with zero attached hydrogens (tertiary/aromatic N) is 1. The first-order chi connectivity index (χ1) is 7.18. The number of hydrogen-bond donors (Lipinski definition) is 2. The molecule has 0 aliphatic carbocycles. The van der Waals surface area contributed by atoms with Gasteiger partial charge in [0.1, 0.15) is 0 Å². The van der Waals surface area contributed by atoms with E-state index in [9.17, 15) is 5.11 Å². The normalized spacial score (nSPS) is 26.0. The lowest BCUT2D eigenvalue weighted by atomic mass is 10.0. The summed E-state index contributed by atoms with van der Waals surface area (Å²) in [6.07, 6.45) is 0.904. The molecule has 2 rings (SSSR count). The smallest absolute Gasteiger partial charge is 0.0897 e. The first-order valence-corrected chi connectivity index (χ1v) is 7.13. The van der Waals surface area contributed by atoms with Crippen molar-refractivity contribution in [2.24, 2.45) is 0 Å². The molecule has 1 unspecified atom stereocenters. The highest BCUT2D eigenvalue weighted by Gasteiger charge is 2.30. The van der Waals surface area contributed by atoms with Gasteiger partial charge in [-0.2, -0.15) is 11.8 Å². The summed E-state index contributed by atoms with van der Waals surface area (Å²) in [6.45, 7) is 3.45. The molecule has 1 aliphatic heterocycles. The highest BCUT2D eigenvalue weighted by Crippen LogP contribution is 2.27. The minimum atomic E-state index is -0.490. The highest BCUT2D eigenvalue weighted by molar-refractivity contribution is 7.99.